The Kier molecular flexibility index (Phi) is 4.58. The van der Waals surface area contributed by atoms with Crippen molar-refractivity contribution in [1.82, 2.24) is 0 Å². The molecule has 3 nitrogen and oxygen atoms in total. The monoisotopic (exact) mass is 354 g/mol. The molecule has 2 aromatic carbocycles. The quantitative estimate of drug-likeness (QED) is 0.702. The number of hydrogen-bond donors (Lipinski definition) is 1. The highest BCUT2D eigenvalue weighted by Crippen LogP contribution is 2.37. The Morgan fingerprint density at radius 3 is 2.28 bits per heavy atom. The first-order valence-electron chi connectivity index (χ1n) is 9.06. The largest absolute Gasteiger partial charge is 0.544 e. The molecule has 4 heteroatoms. The highest BCUT2D eigenvalue weighted by molar-refractivity contribution is 6.74. The molecule has 1 aliphatic heterocycles. The number of nitrogens with one attached hydrogen (secondary N) is 1. The molecule has 0 amide bonds. The third-order valence-electron chi connectivity index (χ3n) is 5.53. The number of anilines is 3. The van der Waals surface area contributed by atoms with Gasteiger partial charge in [0.25, 0.3) is 0 Å². The Bertz CT molecular complexity index is 747. The zero-order valence-electron chi connectivity index (χ0n) is 16.3. The van der Waals surface area contributed by atoms with Gasteiger partial charge in [-0.3, -0.25) is 0 Å². The molecule has 0 fully saturated rings. The van der Waals surface area contributed by atoms with Crippen molar-refractivity contribution in [2.24, 2.45) is 0 Å². The fourth-order valence-electron chi connectivity index (χ4n) is 2.87. The fourth-order valence-corrected chi connectivity index (χ4v) is 3.90. The van der Waals surface area contributed by atoms with Crippen molar-refractivity contribution >= 4 is 25.4 Å². The van der Waals surface area contributed by atoms with Crippen molar-refractivity contribution in [2.75, 3.05) is 23.8 Å². The van der Waals surface area contributed by atoms with Gasteiger partial charge < -0.3 is 14.6 Å². The van der Waals surface area contributed by atoms with Crippen LogP contribution in [0.2, 0.25) is 18.1 Å². The number of fused-ring (bicyclic) bond motifs is 1. The molecule has 0 aliphatic carbocycles. The van der Waals surface area contributed by atoms with Crippen LogP contribution in [0.1, 0.15) is 26.3 Å². The summed E-state index contributed by atoms with van der Waals surface area (Å²) in [5.41, 5.74) is 5.01. The second-order valence-corrected chi connectivity index (χ2v) is 13.3. The van der Waals surface area contributed by atoms with E-state index in [4.69, 9.17) is 4.43 Å². The first kappa shape index (κ1) is 17.9. The fraction of sp³-hybridized carbons (Fsp3) is 0.429. The minimum atomic E-state index is -1.78. The third-order valence-corrected chi connectivity index (χ3v) is 9.89. The van der Waals surface area contributed by atoms with Gasteiger partial charge in [-0.2, -0.15) is 0 Å². The van der Waals surface area contributed by atoms with Gasteiger partial charge in [0.15, 0.2) is 0 Å². The van der Waals surface area contributed by atoms with Crippen LogP contribution in [0.15, 0.2) is 42.5 Å². The number of nitrogens with zero attached hydrogens (tertiary/aromatic N) is 1. The minimum absolute atomic E-state index is 0.210. The van der Waals surface area contributed by atoms with Crippen LogP contribution in [0.25, 0.3) is 0 Å². The molecule has 1 aliphatic rings. The maximum absolute atomic E-state index is 6.35. The highest BCUT2D eigenvalue weighted by atomic mass is 28.4. The van der Waals surface area contributed by atoms with E-state index in [2.05, 4.69) is 93.6 Å². The first-order valence-corrected chi connectivity index (χ1v) is 12.0. The molecule has 0 atom stereocenters. The average Bonchev–Trinajstić information content (AvgIpc) is 2.89. The lowest BCUT2D eigenvalue weighted by atomic mass is 10.1. The first-order chi connectivity index (χ1) is 11.7. The zero-order chi connectivity index (χ0) is 18.2. The van der Waals surface area contributed by atoms with E-state index in [-0.39, 0.29) is 5.04 Å². The van der Waals surface area contributed by atoms with Crippen LogP contribution in [0.5, 0.6) is 5.75 Å². The van der Waals surface area contributed by atoms with E-state index in [1.54, 1.807) is 0 Å². The standard InChI is InChI=1S/C21H30N2OSi/c1-21(2,3)25(5,6)24-19-10-7-17(8-11-19)22-18-9-12-20-16(15-18)13-14-23(20)4/h7-12,15,22H,13-14H2,1-6H3. The number of rotatable bonds is 4. The summed E-state index contributed by atoms with van der Waals surface area (Å²) < 4.78 is 6.35. The molecule has 0 radical (unpaired) electrons. The number of benzene rings is 2. The number of hydrogen-bond acceptors (Lipinski definition) is 3. The minimum Gasteiger partial charge on any atom is -0.544 e. The molecule has 2 aromatic rings. The van der Waals surface area contributed by atoms with Crippen LogP contribution in [-0.4, -0.2) is 21.9 Å². The number of likely N-dealkylation sites (N-methyl/N-ethyl adjacent to an activating group) is 1. The Labute approximate surface area is 153 Å². The zero-order valence-corrected chi connectivity index (χ0v) is 17.3. The second kappa shape index (κ2) is 6.41. The van der Waals surface area contributed by atoms with Crippen molar-refractivity contribution in [3.8, 4) is 5.75 Å². The summed E-state index contributed by atoms with van der Waals surface area (Å²) in [7, 11) is 0.372. The Morgan fingerprint density at radius 2 is 1.64 bits per heavy atom. The smallest absolute Gasteiger partial charge is 0.250 e. The maximum atomic E-state index is 6.35. The molecule has 0 saturated heterocycles. The average molecular weight is 355 g/mol. The van der Waals surface area contributed by atoms with Gasteiger partial charge >= 0.3 is 0 Å². The normalized spacial score (nSPS) is 14.4. The molecule has 0 saturated carbocycles. The van der Waals surface area contributed by atoms with Gasteiger partial charge in [0, 0.05) is 30.7 Å². The third kappa shape index (κ3) is 3.84. The Morgan fingerprint density at radius 1 is 1.00 bits per heavy atom. The summed E-state index contributed by atoms with van der Waals surface area (Å²) in [5.74, 6) is 0.965. The van der Waals surface area contributed by atoms with Gasteiger partial charge in [-0.25, -0.2) is 0 Å². The lowest BCUT2D eigenvalue weighted by molar-refractivity contribution is 0.492. The van der Waals surface area contributed by atoms with Gasteiger partial charge in [-0.05, 0) is 72.6 Å². The van der Waals surface area contributed by atoms with E-state index >= 15 is 0 Å². The second-order valence-electron chi connectivity index (χ2n) is 8.53. The molecule has 1 heterocycles. The summed E-state index contributed by atoms with van der Waals surface area (Å²) in [6, 6.07) is 15.0. The van der Waals surface area contributed by atoms with E-state index in [9.17, 15) is 0 Å². The summed E-state index contributed by atoms with van der Waals surface area (Å²) in [4.78, 5) is 2.31. The molecule has 0 unspecified atom stereocenters. The van der Waals surface area contributed by atoms with Gasteiger partial charge in [-0.1, -0.05) is 20.8 Å². The van der Waals surface area contributed by atoms with Crippen LogP contribution >= 0.6 is 0 Å². The van der Waals surface area contributed by atoms with E-state index in [1.165, 1.54) is 11.3 Å². The predicted molar refractivity (Wildman–Crippen MR) is 111 cm³/mol. The van der Waals surface area contributed by atoms with Crippen LogP contribution in [0.3, 0.4) is 0 Å². The molecular formula is C21H30N2OSi. The summed E-state index contributed by atoms with van der Waals surface area (Å²) >= 11 is 0. The van der Waals surface area contributed by atoms with Crippen molar-refractivity contribution in [1.29, 1.82) is 0 Å². The maximum Gasteiger partial charge on any atom is 0.250 e. The summed E-state index contributed by atoms with van der Waals surface area (Å²) in [6.45, 7) is 12.5. The molecule has 0 spiro atoms. The molecule has 3 rings (SSSR count). The SMILES string of the molecule is CN1CCc2cc(Nc3ccc(O[Si](C)(C)C(C)(C)C)cc3)ccc21. The molecule has 25 heavy (non-hydrogen) atoms. The van der Waals surface area contributed by atoms with E-state index in [0.717, 1.165) is 30.1 Å². The molecule has 134 valence electrons. The van der Waals surface area contributed by atoms with E-state index < -0.39 is 8.32 Å². The van der Waals surface area contributed by atoms with Crippen LogP contribution in [-0.2, 0) is 6.42 Å². The summed E-state index contributed by atoms with van der Waals surface area (Å²) in [5, 5.41) is 3.72. The van der Waals surface area contributed by atoms with E-state index in [1.807, 2.05) is 0 Å². The summed E-state index contributed by atoms with van der Waals surface area (Å²) in [6.07, 6.45) is 1.13. The molecule has 1 N–H and O–H groups in total. The van der Waals surface area contributed by atoms with Crippen LogP contribution in [0, 0.1) is 0 Å². The van der Waals surface area contributed by atoms with Crippen molar-refractivity contribution < 1.29 is 4.43 Å². The van der Waals surface area contributed by atoms with Gasteiger partial charge in [-0.15, -0.1) is 0 Å². The molecular weight excluding hydrogens is 324 g/mol. The van der Waals surface area contributed by atoms with Gasteiger partial charge in [0.05, 0.1) is 0 Å². The Balaban J connectivity index is 1.69. The lowest BCUT2D eigenvalue weighted by Gasteiger charge is -2.36. The van der Waals surface area contributed by atoms with Gasteiger partial charge in [0.2, 0.25) is 8.32 Å². The van der Waals surface area contributed by atoms with Crippen LogP contribution in [0.4, 0.5) is 17.1 Å². The predicted octanol–water partition coefficient (Wildman–Crippen LogP) is 5.81. The van der Waals surface area contributed by atoms with Crippen molar-refractivity contribution in [3.63, 3.8) is 0 Å². The lowest BCUT2D eigenvalue weighted by Crippen LogP contribution is -2.43. The molecule has 0 aromatic heterocycles. The highest BCUT2D eigenvalue weighted by Gasteiger charge is 2.38. The van der Waals surface area contributed by atoms with Gasteiger partial charge in [0.1, 0.15) is 5.75 Å². The van der Waals surface area contributed by atoms with Crippen molar-refractivity contribution in [2.45, 2.75) is 45.3 Å². The van der Waals surface area contributed by atoms with E-state index in [0.29, 0.717) is 0 Å². The topological polar surface area (TPSA) is 24.5 Å². The molecule has 0 bridgehead atoms. The Hall–Kier alpha value is -1.94. The van der Waals surface area contributed by atoms with Crippen LogP contribution < -0.4 is 14.6 Å². The van der Waals surface area contributed by atoms with Crippen molar-refractivity contribution in [3.05, 3.63) is 48.0 Å².